The van der Waals surface area contributed by atoms with Gasteiger partial charge in [-0.3, -0.25) is 14.9 Å². The number of ether oxygens (including phenoxy) is 1. The number of carbonyl (C=O) groups excluding carboxylic acids is 1. The molecule has 4 heterocycles. The first-order valence-electron chi connectivity index (χ1n) is 22.2. The molecule has 65 heavy (non-hydrogen) atoms. The summed E-state index contributed by atoms with van der Waals surface area (Å²) in [6.07, 6.45) is 4.67. The number of allylic oxidation sites excluding steroid dienone is 2. The van der Waals surface area contributed by atoms with Crippen LogP contribution in [0.1, 0.15) is 88.0 Å². The number of benzene rings is 5. The molecule has 4 aliphatic rings. The molecule has 13 nitrogen and oxygen atoms in total. The fraction of sp³-hybridized carbons (Fsp3) is 0.308. The van der Waals surface area contributed by atoms with Crippen molar-refractivity contribution in [1.82, 2.24) is 9.48 Å². The molecular weight excluding hydrogens is 819 g/mol. The quantitative estimate of drug-likeness (QED) is 0.0666. The van der Waals surface area contributed by atoms with Crippen LogP contribution in [-0.4, -0.2) is 76.3 Å². The van der Waals surface area contributed by atoms with Crippen molar-refractivity contribution < 1.29 is 24.7 Å². The van der Waals surface area contributed by atoms with Crippen molar-refractivity contribution in [3.63, 3.8) is 0 Å². The number of azo groups is 1. The SMILES string of the molecule is CCN1c2cc3c(cc2C(C)=CC1(C)C)C(c1ccccc1C(=O)N1CCN(c2ccc(N=Nc4cc([N+](=O)[O-])ccc4O)c(O)c2)CC1)=c1cc2c(cc1O3)=[N+](CC)C(C)(C)C=C2C. The summed E-state index contributed by atoms with van der Waals surface area (Å²) >= 11 is 0. The van der Waals surface area contributed by atoms with Gasteiger partial charge in [0, 0.05) is 115 Å². The normalized spacial score (nSPS) is 17.1. The number of rotatable bonds is 8. The predicted molar refractivity (Wildman–Crippen MR) is 256 cm³/mol. The van der Waals surface area contributed by atoms with Gasteiger partial charge in [-0.05, 0) is 101 Å². The molecule has 1 saturated heterocycles. The molecule has 5 aromatic rings. The van der Waals surface area contributed by atoms with Crippen LogP contribution in [0.4, 0.5) is 28.4 Å². The van der Waals surface area contributed by atoms with Crippen LogP contribution in [-0.2, 0) is 0 Å². The molecule has 4 aliphatic heterocycles. The standard InChI is InChI=1S/C52H53N7O6/c1-9-57-43-27-47-39(25-37(43)31(3)29-51(57,5)6)49(40-26-38-32(4)30-52(7,8)58(10-2)44(38)28-48(40)65-47)35-13-11-12-14-36(35)50(62)56-21-19-55(20-22-56)33-15-17-41(46(61)24-33)53-54-42-23-34(59(63)64)16-18-45(42)60/h11-18,23-30,62H,9-10,19-22H2,1-8H3/p+1. The van der Waals surface area contributed by atoms with E-state index in [0.29, 0.717) is 31.7 Å². The maximum atomic E-state index is 14.9. The van der Waals surface area contributed by atoms with Crippen LogP contribution < -0.4 is 29.7 Å². The number of nitro groups is 1. The summed E-state index contributed by atoms with van der Waals surface area (Å²) in [5.41, 5.74) is 9.35. The van der Waals surface area contributed by atoms with Crippen molar-refractivity contribution in [2.45, 2.75) is 66.5 Å². The van der Waals surface area contributed by atoms with Gasteiger partial charge in [0.05, 0.1) is 16.5 Å². The van der Waals surface area contributed by atoms with Crippen molar-refractivity contribution >= 4 is 51.1 Å². The zero-order valence-corrected chi connectivity index (χ0v) is 38.1. The summed E-state index contributed by atoms with van der Waals surface area (Å²) in [4.78, 5) is 31.9. The fourth-order valence-corrected chi connectivity index (χ4v) is 10.3. The van der Waals surface area contributed by atoms with Crippen molar-refractivity contribution in [1.29, 1.82) is 0 Å². The monoisotopic (exact) mass is 872 g/mol. The first-order chi connectivity index (χ1) is 31.0. The number of phenols is 2. The van der Waals surface area contributed by atoms with Crippen molar-refractivity contribution in [3.8, 4) is 23.0 Å². The number of carbonyl (C=O) groups is 1. The van der Waals surface area contributed by atoms with Crippen molar-refractivity contribution in [3.05, 3.63) is 146 Å². The van der Waals surface area contributed by atoms with Gasteiger partial charge >= 0.3 is 0 Å². The van der Waals surface area contributed by atoms with E-state index in [1.165, 1.54) is 23.3 Å². The molecule has 0 spiro atoms. The highest BCUT2D eigenvalue weighted by Gasteiger charge is 2.37. The van der Waals surface area contributed by atoms with Gasteiger partial charge in [0.1, 0.15) is 40.9 Å². The molecule has 332 valence electrons. The Bertz CT molecular complexity index is 3070. The van der Waals surface area contributed by atoms with Crippen molar-refractivity contribution in [2.24, 2.45) is 10.2 Å². The fourth-order valence-electron chi connectivity index (χ4n) is 10.3. The molecular formula is C52H54N7O6+. The molecule has 0 bridgehead atoms. The minimum atomic E-state index is -0.588. The molecule has 1 fully saturated rings. The summed E-state index contributed by atoms with van der Waals surface area (Å²) < 4.78 is 9.44. The first-order valence-corrected chi connectivity index (χ1v) is 22.2. The molecule has 1 amide bonds. The Morgan fingerprint density at radius 3 is 2.22 bits per heavy atom. The predicted octanol–water partition coefficient (Wildman–Crippen LogP) is 9.47. The summed E-state index contributed by atoms with van der Waals surface area (Å²) in [6, 6.07) is 25.3. The Morgan fingerprint density at radius 2 is 1.51 bits per heavy atom. The maximum absolute atomic E-state index is 14.9. The largest absolute Gasteiger partial charge is 0.506 e. The van der Waals surface area contributed by atoms with Crippen LogP contribution in [0.15, 0.2) is 107 Å². The number of phenolic OH excluding ortho intramolecular Hbond substituents is 2. The van der Waals surface area contributed by atoms with E-state index in [2.05, 4.69) is 122 Å². The zero-order chi connectivity index (χ0) is 46.1. The van der Waals surface area contributed by atoms with Crippen LogP contribution in [0.2, 0.25) is 0 Å². The Labute approximate surface area is 378 Å². The van der Waals surface area contributed by atoms with E-state index < -0.39 is 4.92 Å². The summed E-state index contributed by atoms with van der Waals surface area (Å²) in [5, 5.41) is 42.3. The number of fused-ring (bicyclic) bond motifs is 4. The third kappa shape index (κ3) is 7.48. The minimum absolute atomic E-state index is 0.0637. The lowest BCUT2D eigenvalue weighted by molar-refractivity contribution is -0.384. The molecule has 0 atom stereocenters. The highest BCUT2D eigenvalue weighted by molar-refractivity contribution is 6.03. The van der Waals surface area contributed by atoms with Gasteiger partial charge < -0.3 is 29.6 Å². The van der Waals surface area contributed by atoms with Crippen LogP contribution in [0.5, 0.6) is 23.0 Å². The van der Waals surface area contributed by atoms with Gasteiger partial charge in [0.2, 0.25) is 5.36 Å². The number of piperazine rings is 1. The van der Waals surface area contributed by atoms with Gasteiger partial charge in [0.25, 0.3) is 11.6 Å². The molecule has 2 N–H and O–H groups in total. The highest BCUT2D eigenvalue weighted by Crippen LogP contribution is 2.47. The Balaban J connectivity index is 1.07. The van der Waals surface area contributed by atoms with E-state index in [0.717, 1.165) is 80.4 Å². The summed E-state index contributed by atoms with van der Waals surface area (Å²) in [7, 11) is 0. The Morgan fingerprint density at radius 1 is 0.785 bits per heavy atom. The number of hydrogen-bond acceptors (Lipinski definition) is 10. The summed E-state index contributed by atoms with van der Waals surface area (Å²) in [5.74, 6) is 1.03. The van der Waals surface area contributed by atoms with Gasteiger partial charge in [-0.25, -0.2) is 4.58 Å². The number of non-ortho nitro benzene ring substituents is 1. The average Bonchev–Trinajstić information content (AvgIpc) is 3.27. The molecule has 5 aromatic carbocycles. The lowest BCUT2D eigenvalue weighted by atomic mass is 9.83. The molecule has 0 unspecified atom stereocenters. The van der Waals surface area contributed by atoms with Crippen LogP contribution in [0.25, 0.3) is 16.7 Å². The third-order valence-corrected chi connectivity index (χ3v) is 13.3. The van der Waals surface area contributed by atoms with Crippen LogP contribution in [0.3, 0.4) is 0 Å². The topological polar surface area (TPSA) is 147 Å². The van der Waals surface area contributed by atoms with E-state index >= 15 is 0 Å². The molecule has 0 aromatic heterocycles. The zero-order valence-electron chi connectivity index (χ0n) is 38.1. The summed E-state index contributed by atoms with van der Waals surface area (Å²) in [6.45, 7) is 21.3. The molecule has 0 radical (unpaired) electrons. The van der Waals surface area contributed by atoms with Gasteiger partial charge in [0.15, 0.2) is 5.54 Å². The van der Waals surface area contributed by atoms with Gasteiger partial charge in [-0.15, -0.1) is 10.2 Å². The number of amides is 1. The van der Waals surface area contributed by atoms with Crippen LogP contribution in [0, 0.1) is 10.1 Å². The molecule has 0 saturated carbocycles. The second-order valence-corrected chi connectivity index (χ2v) is 18.3. The maximum Gasteiger partial charge on any atom is 0.271 e. The average molecular weight is 873 g/mol. The van der Waals surface area contributed by atoms with Gasteiger partial charge in [-0.2, -0.15) is 0 Å². The second kappa shape index (κ2) is 16.1. The van der Waals surface area contributed by atoms with E-state index in [9.17, 15) is 25.1 Å². The second-order valence-electron chi connectivity index (χ2n) is 18.3. The van der Waals surface area contributed by atoms with E-state index in [1.54, 1.807) is 18.2 Å². The number of nitro benzene ring substituents is 1. The van der Waals surface area contributed by atoms with Gasteiger partial charge in [-0.1, -0.05) is 24.3 Å². The Hall–Kier alpha value is -7.28. The van der Waals surface area contributed by atoms with Crippen LogP contribution >= 0.6 is 0 Å². The number of aromatic hydroxyl groups is 2. The lowest BCUT2D eigenvalue weighted by Gasteiger charge is -2.43. The first kappa shape index (κ1) is 43.0. The Kier molecular flexibility index (Phi) is 10.6. The lowest BCUT2D eigenvalue weighted by Crippen LogP contribution is -2.49. The number of likely N-dealkylation sites (N-methyl/N-ethyl adjacent to an activating group) is 2. The van der Waals surface area contributed by atoms with E-state index in [-0.39, 0.29) is 45.5 Å². The number of hydrogen-bond donors (Lipinski definition) is 2. The number of nitrogens with zero attached hydrogens (tertiary/aromatic N) is 7. The molecule has 9 rings (SSSR count). The van der Waals surface area contributed by atoms with Crippen molar-refractivity contribution in [2.75, 3.05) is 49.1 Å². The smallest absolute Gasteiger partial charge is 0.271 e. The van der Waals surface area contributed by atoms with E-state index in [4.69, 9.17) is 4.74 Å². The van der Waals surface area contributed by atoms with E-state index in [1.807, 2.05) is 23.1 Å². The molecule has 0 aliphatic carbocycles. The minimum Gasteiger partial charge on any atom is -0.506 e. The number of anilines is 2. The third-order valence-electron chi connectivity index (χ3n) is 13.3. The highest BCUT2D eigenvalue weighted by atomic mass is 16.6. The molecule has 13 heteroatoms.